The van der Waals surface area contributed by atoms with Crippen LogP contribution >= 0.6 is 11.6 Å². The van der Waals surface area contributed by atoms with Crippen molar-refractivity contribution in [3.63, 3.8) is 0 Å². The molecule has 2 unspecified atom stereocenters. The lowest BCUT2D eigenvalue weighted by Crippen LogP contribution is -2.52. The SMILES string of the molecule is CCC(C)NC(=O)C(C)N(Cc1ccccc1C)C(=O)CN(c1ccccc1C)S(=O)(=O)c1ccc(Cl)cc1. The summed E-state index contributed by atoms with van der Waals surface area (Å²) >= 11 is 6.00. The first-order valence-corrected chi connectivity index (χ1v) is 14.8. The number of halogens is 1. The van der Waals surface area contributed by atoms with E-state index in [2.05, 4.69) is 5.32 Å². The van der Waals surface area contributed by atoms with Gasteiger partial charge in [0.05, 0.1) is 10.6 Å². The zero-order valence-electron chi connectivity index (χ0n) is 23.0. The molecule has 2 amide bonds. The van der Waals surface area contributed by atoms with Crippen molar-refractivity contribution < 1.29 is 18.0 Å². The van der Waals surface area contributed by atoms with Crippen LogP contribution in [0, 0.1) is 13.8 Å². The minimum Gasteiger partial charge on any atom is -0.352 e. The fourth-order valence-corrected chi connectivity index (χ4v) is 5.71. The molecule has 0 heterocycles. The van der Waals surface area contributed by atoms with Crippen LogP contribution in [0.5, 0.6) is 0 Å². The van der Waals surface area contributed by atoms with E-state index in [-0.39, 0.29) is 23.4 Å². The molecule has 208 valence electrons. The van der Waals surface area contributed by atoms with E-state index >= 15 is 0 Å². The van der Waals surface area contributed by atoms with E-state index < -0.39 is 28.5 Å². The summed E-state index contributed by atoms with van der Waals surface area (Å²) in [6.45, 7) is 8.93. The molecule has 0 saturated heterocycles. The maximum absolute atomic E-state index is 14.0. The van der Waals surface area contributed by atoms with Crippen molar-refractivity contribution in [1.82, 2.24) is 10.2 Å². The number of amides is 2. The molecule has 0 bridgehead atoms. The summed E-state index contributed by atoms with van der Waals surface area (Å²) in [7, 11) is -4.15. The minimum atomic E-state index is -4.15. The molecule has 0 aromatic heterocycles. The Kier molecular flexibility index (Phi) is 10.2. The zero-order valence-corrected chi connectivity index (χ0v) is 24.6. The maximum atomic E-state index is 14.0. The summed E-state index contributed by atoms with van der Waals surface area (Å²) in [5, 5.41) is 3.34. The highest BCUT2D eigenvalue weighted by Gasteiger charge is 2.33. The zero-order chi connectivity index (χ0) is 28.7. The van der Waals surface area contributed by atoms with Crippen LogP contribution in [0.25, 0.3) is 0 Å². The number of aryl methyl sites for hydroxylation is 2. The van der Waals surface area contributed by atoms with Gasteiger partial charge in [0.15, 0.2) is 0 Å². The van der Waals surface area contributed by atoms with Crippen LogP contribution in [0.3, 0.4) is 0 Å². The van der Waals surface area contributed by atoms with E-state index in [1.54, 1.807) is 38.1 Å². The molecular formula is C30H36ClN3O4S. The topological polar surface area (TPSA) is 86.8 Å². The molecule has 2 atom stereocenters. The van der Waals surface area contributed by atoms with Gasteiger partial charge in [0.1, 0.15) is 12.6 Å². The number of hydrogen-bond acceptors (Lipinski definition) is 4. The number of carbonyl (C=O) groups is 2. The molecule has 3 rings (SSSR count). The van der Waals surface area contributed by atoms with Gasteiger partial charge < -0.3 is 10.2 Å². The van der Waals surface area contributed by atoms with Crippen LogP contribution in [0.2, 0.25) is 5.02 Å². The summed E-state index contributed by atoms with van der Waals surface area (Å²) < 4.78 is 28.9. The first-order chi connectivity index (χ1) is 18.4. The Morgan fingerprint density at radius 1 is 0.897 bits per heavy atom. The highest BCUT2D eigenvalue weighted by atomic mass is 35.5. The molecule has 3 aromatic carbocycles. The second kappa shape index (κ2) is 13.1. The predicted octanol–water partition coefficient (Wildman–Crippen LogP) is 5.48. The smallest absolute Gasteiger partial charge is 0.264 e. The molecule has 0 spiro atoms. The van der Waals surface area contributed by atoms with Crippen LogP contribution in [-0.4, -0.2) is 43.8 Å². The second-order valence-corrected chi connectivity index (χ2v) is 12.0. The van der Waals surface area contributed by atoms with Crippen LogP contribution in [0.1, 0.15) is 43.9 Å². The quantitative estimate of drug-likeness (QED) is 0.331. The van der Waals surface area contributed by atoms with E-state index in [1.807, 2.05) is 45.0 Å². The molecular weight excluding hydrogens is 534 g/mol. The Bertz CT molecular complexity index is 1410. The van der Waals surface area contributed by atoms with Crippen molar-refractivity contribution >= 4 is 39.1 Å². The van der Waals surface area contributed by atoms with Gasteiger partial charge >= 0.3 is 0 Å². The van der Waals surface area contributed by atoms with Crippen molar-refractivity contribution in [2.75, 3.05) is 10.8 Å². The third kappa shape index (κ3) is 7.40. The number of anilines is 1. The Balaban J connectivity index is 2.05. The highest BCUT2D eigenvalue weighted by molar-refractivity contribution is 7.92. The van der Waals surface area contributed by atoms with Crippen molar-refractivity contribution in [3.05, 3.63) is 94.5 Å². The molecule has 0 radical (unpaired) electrons. The largest absolute Gasteiger partial charge is 0.352 e. The van der Waals surface area contributed by atoms with E-state index in [1.165, 1.54) is 29.2 Å². The molecule has 0 aliphatic rings. The van der Waals surface area contributed by atoms with E-state index in [0.717, 1.165) is 21.9 Å². The van der Waals surface area contributed by atoms with E-state index in [0.29, 0.717) is 16.3 Å². The molecule has 0 aliphatic carbocycles. The number of sulfonamides is 1. The number of carbonyl (C=O) groups excluding carboxylic acids is 2. The van der Waals surface area contributed by atoms with Crippen molar-refractivity contribution in [3.8, 4) is 0 Å². The number of benzene rings is 3. The van der Waals surface area contributed by atoms with Crippen LogP contribution < -0.4 is 9.62 Å². The first-order valence-electron chi connectivity index (χ1n) is 12.9. The second-order valence-electron chi connectivity index (χ2n) is 9.69. The van der Waals surface area contributed by atoms with Gasteiger partial charge in [0, 0.05) is 17.6 Å². The van der Waals surface area contributed by atoms with Gasteiger partial charge in [0.25, 0.3) is 10.0 Å². The highest BCUT2D eigenvalue weighted by Crippen LogP contribution is 2.28. The molecule has 0 saturated carbocycles. The summed E-state index contributed by atoms with van der Waals surface area (Å²) in [6.07, 6.45) is 0.741. The van der Waals surface area contributed by atoms with Gasteiger partial charge in [-0.15, -0.1) is 0 Å². The Hall–Kier alpha value is -3.36. The van der Waals surface area contributed by atoms with Gasteiger partial charge in [-0.25, -0.2) is 8.42 Å². The first kappa shape index (κ1) is 30.2. The van der Waals surface area contributed by atoms with Crippen LogP contribution in [0.4, 0.5) is 5.69 Å². The lowest BCUT2D eigenvalue weighted by atomic mass is 10.1. The van der Waals surface area contributed by atoms with E-state index in [9.17, 15) is 18.0 Å². The molecule has 9 heteroatoms. The van der Waals surface area contributed by atoms with Crippen molar-refractivity contribution in [1.29, 1.82) is 0 Å². The number of nitrogens with zero attached hydrogens (tertiary/aromatic N) is 2. The summed E-state index contributed by atoms with van der Waals surface area (Å²) in [5.41, 5.74) is 2.91. The number of hydrogen-bond donors (Lipinski definition) is 1. The molecule has 7 nitrogen and oxygen atoms in total. The lowest BCUT2D eigenvalue weighted by molar-refractivity contribution is -0.139. The standard InChI is InChI=1S/C30H36ClN3O4S/c1-6-23(4)32-30(36)24(5)33(19-25-13-9-7-11-21(25)2)29(35)20-34(28-14-10-8-12-22(28)3)39(37,38)27-17-15-26(31)16-18-27/h7-18,23-24H,6,19-20H2,1-5H3,(H,32,36). The van der Waals surface area contributed by atoms with Gasteiger partial charge in [0.2, 0.25) is 11.8 Å². The average Bonchev–Trinajstić information content (AvgIpc) is 2.91. The summed E-state index contributed by atoms with van der Waals surface area (Å²) in [6, 6.07) is 19.5. The molecule has 3 aromatic rings. The number of para-hydroxylation sites is 1. The van der Waals surface area contributed by atoms with E-state index in [4.69, 9.17) is 11.6 Å². The Morgan fingerprint density at radius 3 is 2.08 bits per heavy atom. The molecule has 1 N–H and O–H groups in total. The van der Waals surface area contributed by atoms with Crippen molar-refractivity contribution in [2.24, 2.45) is 0 Å². The Labute approximate surface area is 236 Å². The predicted molar refractivity (Wildman–Crippen MR) is 156 cm³/mol. The minimum absolute atomic E-state index is 0.0102. The third-order valence-electron chi connectivity index (χ3n) is 6.83. The molecule has 0 aliphatic heterocycles. The summed E-state index contributed by atoms with van der Waals surface area (Å²) in [4.78, 5) is 28.6. The van der Waals surface area contributed by atoms with Crippen molar-refractivity contribution in [2.45, 2.75) is 64.6 Å². The van der Waals surface area contributed by atoms with Crippen LogP contribution in [-0.2, 0) is 26.2 Å². The monoisotopic (exact) mass is 569 g/mol. The fraction of sp³-hybridized carbons (Fsp3) is 0.333. The Morgan fingerprint density at radius 2 is 1.49 bits per heavy atom. The van der Waals surface area contributed by atoms with Gasteiger partial charge in [-0.3, -0.25) is 13.9 Å². The lowest BCUT2D eigenvalue weighted by Gasteiger charge is -2.33. The summed E-state index contributed by atoms with van der Waals surface area (Å²) in [5.74, 6) is -0.792. The molecule has 39 heavy (non-hydrogen) atoms. The average molecular weight is 570 g/mol. The maximum Gasteiger partial charge on any atom is 0.264 e. The molecule has 0 fully saturated rings. The van der Waals surface area contributed by atoms with Gasteiger partial charge in [-0.2, -0.15) is 0 Å². The number of nitrogens with one attached hydrogen (secondary N) is 1. The number of rotatable bonds is 11. The van der Waals surface area contributed by atoms with Crippen LogP contribution in [0.15, 0.2) is 77.7 Å². The normalized spacial score (nSPS) is 12.9. The van der Waals surface area contributed by atoms with Gasteiger partial charge in [-0.05, 0) is 81.1 Å². The fourth-order valence-electron chi connectivity index (χ4n) is 4.11. The third-order valence-corrected chi connectivity index (χ3v) is 8.86. The van der Waals surface area contributed by atoms with Gasteiger partial charge in [-0.1, -0.05) is 61.0 Å².